The molecule has 2 aromatic rings. The number of hydrogen-bond donors (Lipinski definition) is 1. The molecule has 2 aliphatic rings. The van der Waals surface area contributed by atoms with Crippen molar-refractivity contribution in [3.05, 3.63) is 70.8 Å². The van der Waals surface area contributed by atoms with Gasteiger partial charge in [-0.05, 0) is 28.7 Å². The lowest BCUT2D eigenvalue weighted by Gasteiger charge is -2.28. The molecule has 1 atom stereocenters. The Morgan fingerprint density at radius 3 is 2.14 bits per heavy atom. The largest absolute Gasteiger partial charge is 0.333 e. The van der Waals surface area contributed by atoms with Crippen molar-refractivity contribution < 1.29 is 4.79 Å². The molecule has 3 heteroatoms. The minimum Gasteiger partial charge on any atom is -0.333 e. The summed E-state index contributed by atoms with van der Waals surface area (Å²) in [7, 11) is 0. The molecule has 1 N–H and O–H groups in total. The highest BCUT2D eigenvalue weighted by atomic mass is 16.2. The summed E-state index contributed by atoms with van der Waals surface area (Å²) in [5, 5.41) is 3.39. The smallest absolute Gasteiger partial charge is 0.240 e. The zero-order chi connectivity index (χ0) is 14.2. The normalized spacial score (nSPS) is 20.0. The maximum atomic E-state index is 12.7. The highest BCUT2D eigenvalue weighted by Crippen LogP contribution is 2.24. The molecule has 0 aliphatic carbocycles. The van der Waals surface area contributed by atoms with Crippen LogP contribution in [0.15, 0.2) is 48.5 Å². The predicted molar refractivity (Wildman–Crippen MR) is 81.5 cm³/mol. The van der Waals surface area contributed by atoms with Crippen molar-refractivity contribution >= 4 is 5.91 Å². The minimum atomic E-state index is -0.0887. The number of amides is 1. The van der Waals surface area contributed by atoms with E-state index >= 15 is 0 Å². The van der Waals surface area contributed by atoms with E-state index in [2.05, 4.69) is 41.7 Å². The predicted octanol–water partition coefficient (Wildman–Crippen LogP) is 2.24. The number of fused-ring (bicyclic) bond motifs is 2. The van der Waals surface area contributed by atoms with Crippen LogP contribution in [-0.2, 0) is 30.8 Å². The van der Waals surface area contributed by atoms with Crippen molar-refractivity contribution in [1.29, 1.82) is 0 Å². The van der Waals surface area contributed by atoms with Gasteiger partial charge in [-0.3, -0.25) is 4.79 Å². The van der Waals surface area contributed by atoms with Gasteiger partial charge in [-0.1, -0.05) is 48.5 Å². The average molecular weight is 278 g/mol. The molecule has 106 valence electrons. The van der Waals surface area contributed by atoms with Gasteiger partial charge >= 0.3 is 0 Å². The zero-order valence-electron chi connectivity index (χ0n) is 11.9. The Morgan fingerprint density at radius 2 is 1.48 bits per heavy atom. The van der Waals surface area contributed by atoms with E-state index in [4.69, 9.17) is 0 Å². The molecule has 2 aromatic carbocycles. The maximum absolute atomic E-state index is 12.7. The van der Waals surface area contributed by atoms with E-state index in [0.29, 0.717) is 0 Å². The maximum Gasteiger partial charge on any atom is 0.240 e. The number of nitrogens with zero attached hydrogens (tertiary/aromatic N) is 1. The summed E-state index contributed by atoms with van der Waals surface area (Å²) in [6.07, 6.45) is 0.794. The number of rotatable bonds is 1. The van der Waals surface area contributed by atoms with Gasteiger partial charge in [0.25, 0.3) is 0 Å². The second-order valence-corrected chi connectivity index (χ2v) is 5.87. The summed E-state index contributed by atoms with van der Waals surface area (Å²) in [4.78, 5) is 14.7. The van der Waals surface area contributed by atoms with E-state index in [1.807, 2.05) is 17.0 Å². The first-order valence-electron chi connectivity index (χ1n) is 7.47. The highest BCUT2D eigenvalue weighted by Gasteiger charge is 2.30. The fraction of sp³-hybridized carbons (Fsp3) is 0.278. The third kappa shape index (κ3) is 2.24. The topological polar surface area (TPSA) is 32.3 Å². The van der Waals surface area contributed by atoms with Crippen LogP contribution in [0.25, 0.3) is 0 Å². The van der Waals surface area contributed by atoms with Crippen molar-refractivity contribution in [3.63, 3.8) is 0 Å². The molecule has 2 aliphatic heterocycles. The highest BCUT2D eigenvalue weighted by molar-refractivity contribution is 5.83. The van der Waals surface area contributed by atoms with Gasteiger partial charge in [-0.25, -0.2) is 0 Å². The van der Waals surface area contributed by atoms with Crippen LogP contribution < -0.4 is 5.32 Å². The van der Waals surface area contributed by atoms with Crippen molar-refractivity contribution in [3.8, 4) is 0 Å². The summed E-state index contributed by atoms with van der Waals surface area (Å²) < 4.78 is 0. The molecule has 0 aromatic heterocycles. The second kappa shape index (κ2) is 5.01. The molecule has 4 rings (SSSR count). The minimum absolute atomic E-state index is 0.0887. The van der Waals surface area contributed by atoms with E-state index < -0.39 is 0 Å². The van der Waals surface area contributed by atoms with Crippen molar-refractivity contribution in [2.24, 2.45) is 0 Å². The van der Waals surface area contributed by atoms with Gasteiger partial charge in [-0.2, -0.15) is 0 Å². The van der Waals surface area contributed by atoms with E-state index in [1.165, 1.54) is 22.3 Å². The Morgan fingerprint density at radius 1 is 0.905 bits per heavy atom. The Kier molecular flexibility index (Phi) is 3.00. The number of hydrogen-bond acceptors (Lipinski definition) is 2. The first-order chi connectivity index (χ1) is 10.3. The van der Waals surface area contributed by atoms with Gasteiger partial charge in [0.1, 0.15) is 0 Å². The molecule has 21 heavy (non-hydrogen) atoms. The lowest BCUT2D eigenvalue weighted by molar-refractivity contribution is -0.134. The standard InChI is InChI=1S/C18H18N2O/c21-18(20-11-15-7-3-4-8-16(15)12-20)17-9-13-5-1-2-6-14(13)10-19-17/h1-8,17,19H,9-12H2. The first-order valence-corrected chi connectivity index (χ1v) is 7.47. The van der Waals surface area contributed by atoms with Crippen LogP contribution in [0.5, 0.6) is 0 Å². The van der Waals surface area contributed by atoms with Gasteiger partial charge < -0.3 is 10.2 Å². The third-order valence-corrected chi connectivity index (χ3v) is 4.53. The van der Waals surface area contributed by atoms with E-state index in [1.54, 1.807) is 0 Å². The Bertz CT molecular complexity index is 670. The summed E-state index contributed by atoms with van der Waals surface area (Å²) in [6.45, 7) is 2.27. The number of benzene rings is 2. The quantitative estimate of drug-likeness (QED) is 0.867. The van der Waals surface area contributed by atoms with Crippen LogP contribution in [0.1, 0.15) is 22.3 Å². The lowest BCUT2D eigenvalue weighted by atomic mass is 9.95. The van der Waals surface area contributed by atoms with Crippen LogP contribution >= 0.6 is 0 Å². The van der Waals surface area contributed by atoms with Gasteiger partial charge in [0.2, 0.25) is 5.91 Å². The van der Waals surface area contributed by atoms with Crippen LogP contribution in [0.3, 0.4) is 0 Å². The molecule has 0 saturated heterocycles. The van der Waals surface area contributed by atoms with Crippen LogP contribution in [0.4, 0.5) is 0 Å². The Balaban J connectivity index is 1.50. The fourth-order valence-corrected chi connectivity index (χ4v) is 3.34. The molecule has 0 spiro atoms. The van der Waals surface area contributed by atoms with Gasteiger partial charge in [0, 0.05) is 19.6 Å². The summed E-state index contributed by atoms with van der Waals surface area (Å²) in [6, 6.07) is 16.6. The molecular formula is C18H18N2O. The molecule has 0 bridgehead atoms. The van der Waals surface area contributed by atoms with Crippen LogP contribution in [0, 0.1) is 0 Å². The third-order valence-electron chi connectivity index (χ3n) is 4.53. The summed E-state index contributed by atoms with van der Waals surface area (Å²) >= 11 is 0. The zero-order valence-corrected chi connectivity index (χ0v) is 11.9. The van der Waals surface area contributed by atoms with Crippen molar-refractivity contribution in [2.45, 2.75) is 32.1 Å². The van der Waals surface area contributed by atoms with Gasteiger partial charge in [-0.15, -0.1) is 0 Å². The first kappa shape index (κ1) is 12.6. The molecule has 0 saturated carbocycles. The van der Waals surface area contributed by atoms with E-state index in [-0.39, 0.29) is 11.9 Å². The van der Waals surface area contributed by atoms with Crippen molar-refractivity contribution in [2.75, 3.05) is 0 Å². The molecule has 2 heterocycles. The Labute approximate surface area is 124 Å². The molecular weight excluding hydrogens is 260 g/mol. The molecule has 1 amide bonds. The number of carbonyl (C=O) groups is 1. The summed E-state index contributed by atoms with van der Waals surface area (Å²) in [5.74, 6) is 0.223. The van der Waals surface area contributed by atoms with E-state index in [0.717, 1.165) is 26.1 Å². The molecule has 1 unspecified atom stereocenters. The van der Waals surface area contributed by atoms with Crippen LogP contribution in [-0.4, -0.2) is 16.8 Å². The van der Waals surface area contributed by atoms with E-state index in [9.17, 15) is 4.79 Å². The molecule has 3 nitrogen and oxygen atoms in total. The Hall–Kier alpha value is -2.13. The van der Waals surface area contributed by atoms with Gasteiger partial charge in [0.15, 0.2) is 0 Å². The molecule has 0 fully saturated rings. The fourth-order valence-electron chi connectivity index (χ4n) is 3.34. The SMILES string of the molecule is O=C(C1Cc2ccccc2CN1)N1Cc2ccccc2C1. The summed E-state index contributed by atoms with van der Waals surface area (Å²) in [5.41, 5.74) is 5.17. The number of nitrogens with one attached hydrogen (secondary N) is 1. The number of carbonyl (C=O) groups excluding carboxylic acids is 1. The lowest BCUT2D eigenvalue weighted by Crippen LogP contribution is -2.47. The van der Waals surface area contributed by atoms with Crippen LogP contribution in [0.2, 0.25) is 0 Å². The monoisotopic (exact) mass is 278 g/mol. The average Bonchev–Trinajstić information content (AvgIpc) is 2.97. The van der Waals surface area contributed by atoms with Crippen molar-refractivity contribution in [1.82, 2.24) is 10.2 Å². The second-order valence-electron chi connectivity index (χ2n) is 5.87. The molecule has 0 radical (unpaired) electrons. The van der Waals surface area contributed by atoms with Gasteiger partial charge in [0.05, 0.1) is 6.04 Å².